The van der Waals surface area contributed by atoms with Crippen LogP contribution in [0.15, 0.2) is 214 Å². The third-order valence-electron chi connectivity index (χ3n) is 10.2. The van der Waals surface area contributed by atoms with Crippen molar-refractivity contribution < 1.29 is 43.1 Å². The normalized spacial score (nSPS) is 17.8. The monoisotopic (exact) mass is 763 g/mol. The molecule has 2 nitrogen and oxygen atoms in total. The summed E-state index contributed by atoms with van der Waals surface area (Å²) in [6, 6.07) is -8.32. The number of benzene rings is 10. The quantitative estimate of drug-likeness (QED) is 0.163. The predicted octanol–water partition coefficient (Wildman–Crippen LogP) is 16.1. The van der Waals surface area contributed by atoms with E-state index in [1.165, 1.54) is 6.07 Å². The highest BCUT2D eigenvalue weighted by molar-refractivity contribution is 6.25. The second-order valence-corrected chi connectivity index (χ2v) is 13.2. The summed E-state index contributed by atoms with van der Waals surface area (Å²) in [7, 11) is 0. The minimum Gasteiger partial charge on any atom is -0.452 e. The first-order valence-corrected chi connectivity index (χ1v) is 17.8. The van der Waals surface area contributed by atoms with E-state index in [-0.39, 0.29) is 27.7 Å². The molecule has 0 aliphatic carbocycles. The maximum atomic E-state index is 9.77. The van der Waals surface area contributed by atoms with E-state index < -0.39 is 217 Å². The van der Waals surface area contributed by atoms with Crippen LogP contribution in [-0.2, 0) is 0 Å². The van der Waals surface area contributed by atoms with E-state index >= 15 is 0 Å². The minimum atomic E-state index is -1.12. The molecule has 0 unspecified atom stereocenters. The lowest BCUT2D eigenvalue weighted by molar-refractivity contribution is 0.633. The first-order chi connectivity index (χ1) is 39.2. The SMILES string of the molecule is [2H]c1c([2H])c([2H])c(-c2c([2H])c([2H])c([2H])c([2H])c2-c2c([2H])c([2H])c(-c3c4c([2H])c([2H])c([2H])c([2H])c4c(-c4c([2H])c([2H])c([2H])c([2H])c4-c4cccc5oc6c(ccc7c8ccccc8oc76)c45)c4c([2H])c([2H])c([2H])c([2H])c34)c([2H])c2[2H])c([2H])c1[2H]. The standard InChI is InChI=1S/C56H34O2/c1-2-15-35(16-3-1)38-17-4-5-18-39(38)36-29-31-37(32-30-36)52-44-22-8-10-24-46(44)53(47-25-11-9-23-45(47)52)42-21-7-6-19-40(42)43-26-14-28-51-54(43)49-34-33-48-41-20-12-13-27-50(41)57-55(48)56(49)58-51/h1-34H/i1D,2D,3D,4D,5D,6D,7D,8D,9D,10D,11D,15D,16D,17D,18D,19D,21D,22D,23D,24D,25D,29D,30D,31D,32D. The molecule has 12 rings (SSSR count). The second-order valence-electron chi connectivity index (χ2n) is 13.2. The topological polar surface area (TPSA) is 26.3 Å². The summed E-state index contributed by atoms with van der Waals surface area (Å²) in [6.07, 6.45) is 0. The van der Waals surface area contributed by atoms with Crippen molar-refractivity contribution in [2.75, 3.05) is 0 Å². The zero-order valence-electron chi connectivity index (χ0n) is 54.5. The second kappa shape index (κ2) is 12.9. The first kappa shape index (κ1) is 16.4. The van der Waals surface area contributed by atoms with Crippen molar-refractivity contribution in [1.29, 1.82) is 0 Å². The molecule has 2 aromatic heterocycles. The number of rotatable bonds is 5. The molecular weight excluding hydrogens is 705 g/mol. The van der Waals surface area contributed by atoms with Crippen LogP contribution in [0.4, 0.5) is 0 Å². The first-order valence-electron chi connectivity index (χ1n) is 30.3. The van der Waals surface area contributed by atoms with E-state index in [0.717, 1.165) is 5.39 Å². The summed E-state index contributed by atoms with van der Waals surface area (Å²) >= 11 is 0. The van der Waals surface area contributed by atoms with Crippen molar-refractivity contribution in [2.45, 2.75) is 0 Å². The Morgan fingerprint density at radius 3 is 1.50 bits per heavy atom. The van der Waals surface area contributed by atoms with Crippen LogP contribution in [0.25, 0.3) is 121 Å². The Bertz CT molecular complexity index is 4900. The summed E-state index contributed by atoms with van der Waals surface area (Å²) in [5.41, 5.74) is -4.88. The number of para-hydroxylation sites is 1. The molecule has 0 N–H and O–H groups in total. The van der Waals surface area contributed by atoms with Gasteiger partial charge in [0.05, 0.1) is 34.3 Å². The molecule has 0 radical (unpaired) electrons. The van der Waals surface area contributed by atoms with Gasteiger partial charge in [-0.05, 0) is 101 Å². The van der Waals surface area contributed by atoms with Crippen LogP contribution in [0.1, 0.15) is 34.3 Å². The highest BCUT2D eigenvalue weighted by Crippen LogP contribution is 2.49. The average Bonchev–Trinajstić information content (AvgIpc) is 1.22. The van der Waals surface area contributed by atoms with Crippen LogP contribution < -0.4 is 0 Å². The van der Waals surface area contributed by atoms with Gasteiger partial charge in [-0.2, -0.15) is 0 Å². The third-order valence-corrected chi connectivity index (χ3v) is 10.2. The average molecular weight is 764 g/mol. The number of hydrogen-bond acceptors (Lipinski definition) is 2. The van der Waals surface area contributed by atoms with Gasteiger partial charge in [-0.1, -0.05) is 181 Å². The minimum absolute atomic E-state index is 0.0720. The lowest BCUT2D eigenvalue weighted by Gasteiger charge is -2.20. The Balaban J connectivity index is 1.27. The molecule has 2 heterocycles. The fourth-order valence-electron chi connectivity index (χ4n) is 7.73. The van der Waals surface area contributed by atoms with Gasteiger partial charge in [0.2, 0.25) is 0 Å². The molecule has 0 aliphatic rings. The molecule has 0 bridgehead atoms. The summed E-state index contributed by atoms with van der Waals surface area (Å²) in [4.78, 5) is 0. The Hall–Kier alpha value is -7.68. The van der Waals surface area contributed by atoms with Crippen molar-refractivity contribution in [3.63, 3.8) is 0 Å². The summed E-state index contributed by atoms with van der Waals surface area (Å²) < 4.78 is 242. The molecule has 2 heteroatoms. The smallest absolute Gasteiger partial charge is 0.178 e. The molecule has 58 heavy (non-hydrogen) atoms. The van der Waals surface area contributed by atoms with Crippen LogP contribution in [0.2, 0.25) is 0 Å². The summed E-state index contributed by atoms with van der Waals surface area (Å²) in [5.74, 6) is 0. The van der Waals surface area contributed by atoms with E-state index in [4.69, 9.17) is 29.4 Å². The highest BCUT2D eigenvalue weighted by Gasteiger charge is 2.22. The molecule has 0 spiro atoms. The highest BCUT2D eigenvalue weighted by atomic mass is 16.4. The molecular formula is C56H34O2. The molecule has 0 fully saturated rings. The zero-order chi connectivity index (χ0) is 59.9. The largest absolute Gasteiger partial charge is 0.452 e. The van der Waals surface area contributed by atoms with E-state index in [1.807, 2.05) is 12.1 Å². The van der Waals surface area contributed by atoms with Gasteiger partial charge in [0.1, 0.15) is 11.2 Å². The van der Waals surface area contributed by atoms with Gasteiger partial charge in [-0.3, -0.25) is 0 Å². The Morgan fingerprint density at radius 2 is 0.793 bits per heavy atom. The molecule has 0 atom stereocenters. The van der Waals surface area contributed by atoms with E-state index in [2.05, 4.69) is 0 Å². The molecule has 0 aliphatic heterocycles. The molecule has 0 saturated carbocycles. The fraction of sp³-hybridized carbons (Fsp3) is 0. The van der Waals surface area contributed by atoms with Crippen molar-refractivity contribution in [1.82, 2.24) is 0 Å². The van der Waals surface area contributed by atoms with Crippen molar-refractivity contribution in [3.05, 3.63) is 206 Å². The van der Waals surface area contributed by atoms with Gasteiger partial charge in [0.15, 0.2) is 11.2 Å². The van der Waals surface area contributed by atoms with Gasteiger partial charge in [0, 0.05) is 21.5 Å². The zero-order valence-corrected chi connectivity index (χ0v) is 29.5. The van der Waals surface area contributed by atoms with Crippen LogP contribution in [0, 0.1) is 0 Å². The lowest BCUT2D eigenvalue weighted by Crippen LogP contribution is -1.93. The van der Waals surface area contributed by atoms with Crippen LogP contribution in [0.3, 0.4) is 0 Å². The van der Waals surface area contributed by atoms with Crippen molar-refractivity contribution in [3.8, 4) is 55.6 Å². The van der Waals surface area contributed by atoms with Crippen LogP contribution >= 0.6 is 0 Å². The van der Waals surface area contributed by atoms with Crippen molar-refractivity contribution in [2.24, 2.45) is 0 Å². The van der Waals surface area contributed by atoms with E-state index in [1.54, 1.807) is 36.4 Å². The van der Waals surface area contributed by atoms with Gasteiger partial charge >= 0.3 is 0 Å². The van der Waals surface area contributed by atoms with Gasteiger partial charge in [0.25, 0.3) is 0 Å². The molecule has 10 aromatic carbocycles. The van der Waals surface area contributed by atoms with Crippen LogP contribution in [-0.4, -0.2) is 0 Å². The van der Waals surface area contributed by atoms with Gasteiger partial charge < -0.3 is 8.83 Å². The third kappa shape index (κ3) is 4.92. The molecule has 12 aromatic rings. The Kier molecular flexibility index (Phi) is 3.67. The van der Waals surface area contributed by atoms with E-state index in [9.17, 15) is 13.7 Å². The predicted molar refractivity (Wildman–Crippen MR) is 243 cm³/mol. The number of furan rings is 2. The van der Waals surface area contributed by atoms with Crippen molar-refractivity contribution >= 4 is 65.4 Å². The Morgan fingerprint density at radius 1 is 0.293 bits per heavy atom. The molecule has 0 saturated heterocycles. The molecule has 270 valence electrons. The Labute approximate surface area is 370 Å². The maximum absolute atomic E-state index is 9.77. The maximum Gasteiger partial charge on any atom is 0.178 e. The summed E-state index contributed by atoms with van der Waals surface area (Å²) in [6.45, 7) is 0. The number of hydrogen-bond donors (Lipinski definition) is 0. The van der Waals surface area contributed by atoms with E-state index in [0.29, 0.717) is 21.9 Å². The lowest BCUT2D eigenvalue weighted by atomic mass is 9.83. The number of fused-ring (bicyclic) bond motifs is 9. The van der Waals surface area contributed by atoms with Gasteiger partial charge in [-0.15, -0.1) is 0 Å². The molecule has 0 amide bonds. The fourth-order valence-corrected chi connectivity index (χ4v) is 7.73. The summed E-state index contributed by atoms with van der Waals surface area (Å²) in [5, 5.41) is -0.529. The van der Waals surface area contributed by atoms with Crippen LogP contribution in [0.5, 0.6) is 0 Å². The van der Waals surface area contributed by atoms with Gasteiger partial charge in [-0.25, -0.2) is 0 Å².